The number of hydrogen-bond acceptors (Lipinski definition) is 4. The maximum Gasteiger partial charge on any atom is 0.235 e. The molecule has 0 saturated carbocycles. The van der Waals surface area contributed by atoms with Crippen molar-refractivity contribution in [3.63, 3.8) is 0 Å². The predicted molar refractivity (Wildman–Crippen MR) is 113 cm³/mol. The number of aliphatic hydroxyl groups excluding tert-OH is 2. The minimum absolute atomic E-state index is 0.0599. The van der Waals surface area contributed by atoms with Gasteiger partial charge in [-0.2, -0.15) is 0 Å². The molecule has 7 atom stereocenters. The van der Waals surface area contributed by atoms with Crippen molar-refractivity contribution in [3.8, 4) is 0 Å². The van der Waals surface area contributed by atoms with Crippen LogP contribution in [0.25, 0.3) is 0 Å². The number of rotatable bonds is 2. The highest BCUT2D eigenvalue weighted by molar-refractivity contribution is 6.13. The fourth-order valence-corrected chi connectivity index (χ4v) is 5.53. The van der Waals surface area contributed by atoms with Crippen LogP contribution < -0.4 is 5.32 Å². The predicted octanol–water partition coefficient (Wildman–Crippen LogP) is 2.93. The summed E-state index contributed by atoms with van der Waals surface area (Å²) in [5.41, 5.74) is 1.02. The number of carbonyl (C=O) groups is 2. The van der Waals surface area contributed by atoms with Gasteiger partial charge < -0.3 is 15.5 Å². The molecule has 1 amide bonds. The number of hydrogen-bond donors (Lipinski definition) is 3. The first kappa shape index (κ1) is 22.0. The molecule has 29 heavy (non-hydrogen) atoms. The molecule has 3 aliphatic rings. The van der Waals surface area contributed by atoms with Gasteiger partial charge in [0.25, 0.3) is 0 Å². The van der Waals surface area contributed by atoms with Gasteiger partial charge >= 0.3 is 0 Å². The van der Waals surface area contributed by atoms with E-state index in [1.807, 2.05) is 13.0 Å². The molecule has 0 aromatic heterocycles. The van der Waals surface area contributed by atoms with Crippen molar-refractivity contribution in [1.82, 2.24) is 5.32 Å². The van der Waals surface area contributed by atoms with Crippen LogP contribution in [-0.2, 0) is 9.59 Å². The van der Waals surface area contributed by atoms with Crippen LogP contribution in [-0.4, -0.2) is 40.2 Å². The zero-order chi connectivity index (χ0) is 21.5. The molecule has 1 heterocycles. The standard InChI is InChI=1S/C24H35NO4/c1-13(2)10-18-22-16(5)15(4)12-17-11-14(3)6-7-19(26)20(27)8-9-21(28)24(17,22)23(29)25-18/h8-9,11-13,16-20,22,26-27H,6-7,10H2,1-5H3,(H,25,29)/b9-8-,14-11-/t16-,17+,18-,19-,20-,22+,24-/m0/s1. The molecule has 0 aromatic carbocycles. The van der Waals surface area contributed by atoms with Gasteiger partial charge in [-0.05, 0) is 51.0 Å². The van der Waals surface area contributed by atoms with Crippen molar-refractivity contribution in [2.24, 2.45) is 29.1 Å². The summed E-state index contributed by atoms with van der Waals surface area (Å²) in [6.45, 7) is 10.4. The summed E-state index contributed by atoms with van der Waals surface area (Å²) in [5, 5.41) is 23.6. The lowest BCUT2D eigenvalue weighted by molar-refractivity contribution is -0.142. The van der Waals surface area contributed by atoms with Crippen LogP contribution in [0.1, 0.15) is 53.9 Å². The second-order valence-corrected chi connectivity index (χ2v) is 9.66. The van der Waals surface area contributed by atoms with E-state index >= 15 is 0 Å². The Morgan fingerprint density at radius 1 is 1.21 bits per heavy atom. The molecule has 160 valence electrons. The molecule has 0 unspecified atom stereocenters. The molecule has 3 N–H and O–H groups in total. The first-order valence-electron chi connectivity index (χ1n) is 10.8. The number of ketones is 1. The van der Waals surface area contributed by atoms with Crippen molar-refractivity contribution in [2.75, 3.05) is 0 Å². The van der Waals surface area contributed by atoms with E-state index in [2.05, 4.69) is 39.1 Å². The molecule has 5 nitrogen and oxygen atoms in total. The van der Waals surface area contributed by atoms with Crippen molar-refractivity contribution in [1.29, 1.82) is 0 Å². The Balaban J connectivity index is 2.20. The monoisotopic (exact) mass is 401 g/mol. The van der Waals surface area contributed by atoms with Crippen LogP contribution in [0.15, 0.2) is 35.5 Å². The lowest BCUT2D eigenvalue weighted by Crippen LogP contribution is -2.51. The van der Waals surface area contributed by atoms with Gasteiger partial charge in [0.1, 0.15) is 5.41 Å². The SMILES string of the molecule is CC1=C[C@H]2/C=C(/C)CC[C@H](O)[C@@H](O)/C=C\C(=O)[C@@]23C(=O)N[C@@H](CC(C)C)[C@H]3[C@H]1C. The van der Waals surface area contributed by atoms with E-state index in [1.165, 1.54) is 17.7 Å². The van der Waals surface area contributed by atoms with Gasteiger partial charge in [0.05, 0.1) is 12.2 Å². The Hall–Kier alpha value is -1.72. The Bertz CT molecular complexity index is 765. The lowest BCUT2D eigenvalue weighted by Gasteiger charge is -2.44. The molecule has 5 heteroatoms. The number of nitrogens with one attached hydrogen (secondary N) is 1. The van der Waals surface area contributed by atoms with E-state index in [0.29, 0.717) is 18.8 Å². The number of amides is 1. The van der Waals surface area contributed by atoms with Crippen LogP contribution >= 0.6 is 0 Å². The molecule has 1 saturated heterocycles. The fraction of sp³-hybridized carbons (Fsp3) is 0.667. The third-order valence-corrected chi connectivity index (χ3v) is 7.15. The largest absolute Gasteiger partial charge is 0.390 e. The average Bonchev–Trinajstić information content (AvgIpc) is 2.93. The average molecular weight is 402 g/mol. The van der Waals surface area contributed by atoms with Gasteiger partial charge in [-0.15, -0.1) is 0 Å². The Morgan fingerprint density at radius 2 is 1.90 bits per heavy atom. The van der Waals surface area contributed by atoms with Gasteiger partial charge in [0.15, 0.2) is 5.78 Å². The van der Waals surface area contributed by atoms with E-state index in [4.69, 9.17) is 0 Å². The van der Waals surface area contributed by atoms with Crippen molar-refractivity contribution in [2.45, 2.75) is 72.1 Å². The molecule has 0 radical (unpaired) electrons. The highest BCUT2D eigenvalue weighted by Crippen LogP contribution is 2.55. The topological polar surface area (TPSA) is 86.6 Å². The maximum atomic E-state index is 13.6. The van der Waals surface area contributed by atoms with E-state index in [1.54, 1.807) is 0 Å². The third-order valence-electron chi connectivity index (χ3n) is 7.15. The zero-order valence-electron chi connectivity index (χ0n) is 18.2. The number of carbonyl (C=O) groups excluding carboxylic acids is 2. The molecule has 3 rings (SSSR count). The van der Waals surface area contributed by atoms with Gasteiger partial charge in [-0.1, -0.05) is 50.1 Å². The smallest absolute Gasteiger partial charge is 0.235 e. The van der Waals surface area contributed by atoms with E-state index in [9.17, 15) is 19.8 Å². The summed E-state index contributed by atoms with van der Waals surface area (Å²) in [6.07, 6.45) is 6.60. The normalized spacial score (nSPS) is 43.4. The van der Waals surface area contributed by atoms with Crippen molar-refractivity contribution < 1.29 is 19.8 Å². The first-order valence-corrected chi connectivity index (χ1v) is 10.8. The van der Waals surface area contributed by atoms with Crippen LogP contribution in [0.5, 0.6) is 0 Å². The van der Waals surface area contributed by atoms with Crippen LogP contribution in [0.4, 0.5) is 0 Å². The number of allylic oxidation sites excluding steroid dienone is 5. The zero-order valence-corrected chi connectivity index (χ0v) is 18.2. The van der Waals surface area contributed by atoms with Gasteiger partial charge in [-0.25, -0.2) is 0 Å². The molecular weight excluding hydrogens is 366 g/mol. The minimum Gasteiger partial charge on any atom is -0.390 e. The third kappa shape index (κ3) is 3.75. The Labute approximate surface area is 174 Å². The first-order chi connectivity index (χ1) is 13.6. The molecule has 0 bridgehead atoms. The maximum absolute atomic E-state index is 13.6. The van der Waals surface area contributed by atoms with E-state index in [-0.39, 0.29) is 35.5 Å². The van der Waals surface area contributed by atoms with Gasteiger partial charge in [0, 0.05) is 17.9 Å². The summed E-state index contributed by atoms with van der Waals surface area (Å²) in [7, 11) is 0. The highest BCUT2D eigenvalue weighted by atomic mass is 16.3. The van der Waals surface area contributed by atoms with Crippen LogP contribution in [0.3, 0.4) is 0 Å². The molecular formula is C24H35NO4. The van der Waals surface area contributed by atoms with E-state index < -0.39 is 17.6 Å². The molecule has 1 fully saturated rings. The second-order valence-electron chi connectivity index (χ2n) is 9.66. The molecule has 0 aromatic rings. The summed E-state index contributed by atoms with van der Waals surface area (Å²) in [4.78, 5) is 27.1. The summed E-state index contributed by atoms with van der Waals surface area (Å²) < 4.78 is 0. The number of aliphatic hydroxyl groups is 2. The van der Waals surface area contributed by atoms with Gasteiger partial charge in [-0.3, -0.25) is 9.59 Å². The second kappa shape index (κ2) is 8.19. The van der Waals surface area contributed by atoms with Crippen molar-refractivity contribution >= 4 is 11.7 Å². The summed E-state index contributed by atoms with van der Waals surface area (Å²) >= 11 is 0. The molecule has 1 spiro atoms. The summed E-state index contributed by atoms with van der Waals surface area (Å²) in [6, 6.07) is -0.0599. The van der Waals surface area contributed by atoms with Crippen LogP contribution in [0, 0.1) is 29.1 Å². The summed E-state index contributed by atoms with van der Waals surface area (Å²) in [5.74, 6) is -0.455. The molecule has 1 aliphatic heterocycles. The molecule has 2 aliphatic carbocycles. The van der Waals surface area contributed by atoms with Gasteiger partial charge in [0.2, 0.25) is 5.91 Å². The quantitative estimate of drug-likeness (QED) is 0.490. The van der Waals surface area contributed by atoms with Crippen LogP contribution in [0.2, 0.25) is 0 Å². The highest BCUT2D eigenvalue weighted by Gasteiger charge is 2.64. The Morgan fingerprint density at radius 3 is 2.55 bits per heavy atom. The fourth-order valence-electron chi connectivity index (χ4n) is 5.53. The minimum atomic E-state index is -1.20. The van der Waals surface area contributed by atoms with E-state index in [0.717, 1.165) is 12.0 Å². The van der Waals surface area contributed by atoms with Crippen molar-refractivity contribution in [3.05, 3.63) is 35.5 Å². The lowest BCUT2D eigenvalue weighted by atomic mass is 9.55. The Kier molecular flexibility index (Phi) is 6.21.